The molecule has 0 aliphatic carbocycles. The Hall–Kier alpha value is -0.710. The molecule has 2 aromatic rings. The third-order valence-corrected chi connectivity index (χ3v) is 4.20. The van der Waals surface area contributed by atoms with Gasteiger partial charge in [-0.15, -0.1) is 0 Å². The van der Waals surface area contributed by atoms with Crippen LogP contribution in [0.15, 0.2) is 45.3 Å². The van der Waals surface area contributed by atoms with Gasteiger partial charge in [0.1, 0.15) is 5.82 Å². The lowest BCUT2D eigenvalue weighted by atomic mass is 9.97. The fourth-order valence-electron chi connectivity index (χ4n) is 2.08. The Morgan fingerprint density at radius 2 is 1.79 bits per heavy atom. The average Bonchev–Trinajstić information content (AvgIpc) is 2.36. The first-order valence-electron chi connectivity index (χ1n) is 5.91. The van der Waals surface area contributed by atoms with Crippen molar-refractivity contribution in [3.8, 4) is 0 Å². The Morgan fingerprint density at radius 1 is 1.05 bits per heavy atom. The molecule has 0 saturated carbocycles. The molecule has 0 spiro atoms. The van der Waals surface area contributed by atoms with Crippen molar-refractivity contribution in [2.24, 2.45) is 0 Å². The topological polar surface area (TPSA) is 12.0 Å². The van der Waals surface area contributed by atoms with Gasteiger partial charge in [0.05, 0.1) is 6.04 Å². The smallest absolute Gasteiger partial charge is 0.128 e. The van der Waals surface area contributed by atoms with Crippen LogP contribution in [0.25, 0.3) is 0 Å². The van der Waals surface area contributed by atoms with Crippen LogP contribution in [-0.2, 0) is 0 Å². The van der Waals surface area contributed by atoms with E-state index in [1.165, 1.54) is 11.6 Å². The highest BCUT2D eigenvalue weighted by atomic mass is 79.9. The van der Waals surface area contributed by atoms with Crippen LogP contribution in [-0.4, -0.2) is 7.05 Å². The minimum atomic E-state index is -0.213. The van der Waals surface area contributed by atoms with E-state index < -0.39 is 0 Å². The van der Waals surface area contributed by atoms with Crippen LogP contribution >= 0.6 is 31.9 Å². The molecule has 1 nitrogen and oxygen atoms in total. The molecule has 2 rings (SSSR count). The van der Waals surface area contributed by atoms with Crippen molar-refractivity contribution in [2.75, 3.05) is 7.05 Å². The van der Waals surface area contributed by atoms with Crippen molar-refractivity contribution >= 4 is 31.9 Å². The zero-order chi connectivity index (χ0) is 14.0. The van der Waals surface area contributed by atoms with Gasteiger partial charge in [-0.1, -0.05) is 44.0 Å². The Bertz CT molecular complexity index is 599. The lowest BCUT2D eigenvalue weighted by Gasteiger charge is -2.20. The van der Waals surface area contributed by atoms with Gasteiger partial charge in [-0.05, 0) is 49.4 Å². The molecule has 0 saturated heterocycles. The fraction of sp³-hybridized carbons (Fsp3) is 0.200. The SMILES string of the molecule is CNC(c1cc(Br)ccc1F)c1ccc(C)cc1Br. The molecular weight excluding hydrogens is 373 g/mol. The number of nitrogens with one attached hydrogen (secondary N) is 1. The number of hydrogen-bond donors (Lipinski definition) is 1. The molecule has 0 amide bonds. The maximum absolute atomic E-state index is 14.0. The molecule has 2 aromatic carbocycles. The number of aryl methyl sites for hydroxylation is 1. The Labute approximate surface area is 129 Å². The summed E-state index contributed by atoms with van der Waals surface area (Å²) in [4.78, 5) is 0. The molecule has 1 unspecified atom stereocenters. The van der Waals surface area contributed by atoms with E-state index in [9.17, 15) is 4.39 Å². The Balaban J connectivity index is 2.52. The van der Waals surface area contributed by atoms with E-state index in [1.807, 2.05) is 38.2 Å². The molecule has 1 N–H and O–H groups in total. The lowest BCUT2D eigenvalue weighted by molar-refractivity contribution is 0.575. The number of halogens is 3. The summed E-state index contributed by atoms with van der Waals surface area (Å²) in [6, 6.07) is 10.9. The number of rotatable bonds is 3. The molecule has 100 valence electrons. The maximum atomic E-state index is 14.0. The van der Waals surface area contributed by atoms with Gasteiger partial charge in [-0.25, -0.2) is 4.39 Å². The summed E-state index contributed by atoms with van der Waals surface area (Å²) in [5, 5.41) is 3.17. The molecule has 0 aromatic heterocycles. The van der Waals surface area contributed by atoms with Gasteiger partial charge < -0.3 is 5.32 Å². The molecule has 0 bridgehead atoms. The van der Waals surface area contributed by atoms with E-state index in [0.29, 0.717) is 5.56 Å². The monoisotopic (exact) mass is 385 g/mol. The maximum Gasteiger partial charge on any atom is 0.128 e. The van der Waals surface area contributed by atoms with Crippen LogP contribution < -0.4 is 5.32 Å². The van der Waals surface area contributed by atoms with Crippen LogP contribution in [0, 0.1) is 12.7 Å². The van der Waals surface area contributed by atoms with Gasteiger partial charge >= 0.3 is 0 Å². The summed E-state index contributed by atoms with van der Waals surface area (Å²) < 4.78 is 15.9. The van der Waals surface area contributed by atoms with E-state index in [2.05, 4.69) is 37.2 Å². The second-order valence-corrected chi connectivity index (χ2v) is 6.18. The van der Waals surface area contributed by atoms with Crippen molar-refractivity contribution in [3.63, 3.8) is 0 Å². The molecule has 1 atom stereocenters. The zero-order valence-electron chi connectivity index (χ0n) is 10.7. The molecule has 19 heavy (non-hydrogen) atoms. The summed E-state index contributed by atoms with van der Waals surface area (Å²) in [5.74, 6) is -0.213. The third-order valence-electron chi connectivity index (χ3n) is 3.02. The molecule has 0 aliphatic heterocycles. The molecule has 0 fully saturated rings. The van der Waals surface area contributed by atoms with E-state index in [4.69, 9.17) is 0 Å². The normalized spacial score (nSPS) is 12.5. The quantitative estimate of drug-likeness (QED) is 0.785. The first-order chi connectivity index (χ1) is 9.02. The zero-order valence-corrected chi connectivity index (χ0v) is 13.8. The highest BCUT2D eigenvalue weighted by molar-refractivity contribution is 9.10. The predicted molar refractivity (Wildman–Crippen MR) is 83.9 cm³/mol. The standard InChI is InChI=1S/C15H14Br2FN/c1-9-3-5-11(13(17)7-9)15(19-2)12-8-10(16)4-6-14(12)18/h3-8,15,19H,1-2H3. The van der Waals surface area contributed by atoms with Crippen molar-refractivity contribution < 1.29 is 4.39 Å². The van der Waals surface area contributed by atoms with E-state index in [0.717, 1.165) is 14.5 Å². The minimum Gasteiger partial charge on any atom is -0.309 e. The molecule has 0 radical (unpaired) electrons. The number of hydrogen-bond acceptors (Lipinski definition) is 1. The van der Waals surface area contributed by atoms with E-state index >= 15 is 0 Å². The molecule has 4 heteroatoms. The lowest BCUT2D eigenvalue weighted by Crippen LogP contribution is -2.19. The second-order valence-electron chi connectivity index (χ2n) is 4.41. The Morgan fingerprint density at radius 3 is 2.42 bits per heavy atom. The summed E-state index contributed by atoms with van der Waals surface area (Å²) in [5.41, 5.74) is 2.81. The van der Waals surface area contributed by atoms with Gasteiger partial charge in [0, 0.05) is 14.5 Å². The van der Waals surface area contributed by atoms with Crippen molar-refractivity contribution in [2.45, 2.75) is 13.0 Å². The highest BCUT2D eigenvalue weighted by Crippen LogP contribution is 2.31. The molecule has 0 heterocycles. The molecular formula is C15H14Br2FN. The number of benzene rings is 2. The van der Waals surface area contributed by atoms with Crippen LogP contribution in [0.1, 0.15) is 22.7 Å². The van der Waals surface area contributed by atoms with Crippen molar-refractivity contribution in [1.29, 1.82) is 0 Å². The van der Waals surface area contributed by atoms with E-state index in [1.54, 1.807) is 6.07 Å². The van der Waals surface area contributed by atoms with Gasteiger partial charge in [-0.3, -0.25) is 0 Å². The van der Waals surface area contributed by atoms with Crippen molar-refractivity contribution in [1.82, 2.24) is 5.32 Å². The summed E-state index contributed by atoms with van der Waals surface area (Å²) >= 11 is 6.95. The highest BCUT2D eigenvalue weighted by Gasteiger charge is 2.18. The summed E-state index contributed by atoms with van der Waals surface area (Å²) in [6.07, 6.45) is 0. The third kappa shape index (κ3) is 3.25. The van der Waals surface area contributed by atoms with Gasteiger partial charge in [0.25, 0.3) is 0 Å². The Kier molecular flexibility index (Phi) is 4.76. The van der Waals surface area contributed by atoms with Gasteiger partial charge in [0.2, 0.25) is 0 Å². The minimum absolute atomic E-state index is 0.188. The molecule has 0 aliphatic rings. The van der Waals surface area contributed by atoms with Crippen LogP contribution in [0.2, 0.25) is 0 Å². The summed E-state index contributed by atoms with van der Waals surface area (Å²) in [6.45, 7) is 2.03. The van der Waals surface area contributed by atoms with Crippen LogP contribution in [0.3, 0.4) is 0 Å². The second kappa shape index (κ2) is 6.16. The average molecular weight is 387 g/mol. The van der Waals surface area contributed by atoms with Gasteiger partial charge in [-0.2, -0.15) is 0 Å². The first kappa shape index (κ1) is 14.7. The predicted octanol–water partition coefficient (Wildman–Crippen LogP) is 4.97. The van der Waals surface area contributed by atoms with Crippen molar-refractivity contribution in [3.05, 3.63) is 67.9 Å². The first-order valence-corrected chi connectivity index (χ1v) is 7.50. The van der Waals surface area contributed by atoms with Crippen LogP contribution in [0.4, 0.5) is 4.39 Å². The van der Waals surface area contributed by atoms with E-state index in [-0.39, 0.29) is 11.9 Å². The van der Waals surface area contributed by atoms with Gasteiger partial charge in [0.15, 0.2) is 0 Å². The van der Waals surface area contributed by atoms with Crippen LogP contribution in [0.5, 0.6) is 0 Å². The largest absolute Gasteiger partial charge is 0.309 e. The fourth-order valence-corrected chi connectivity index (χ4v) is 3.18. The summed E-state index contributed by atoms with van der Waals surface area (Å²) in [7, 11) is 1.83.